The molecule has 3 aliphatic heterocycles. The molecule has 4 atom stereocenters. The summed E-state index contributed by atoms with van der Waals surface area (Å²) in [6.45, 7) is 0. The van der Waals surface area contributed by atoms with Gasteiger partial charge >= 0.3 is 6.18 Å². The summed E-state index contributed by atoms with van der Waals surface area (Å²) in [4.78, 5) is 9.98. The second-order valence-electron chi connectivity index (χ2n) is 5.54. The summed E-state index contributed by atoms with van der Waals surface area (Å²) < 4.78 is 49.9. The molecule has 4 rings (SSSR count). The van der Waals surface area contributed by atoms with Crippen LogP contribution in [0.4, 0.5) is 13.2 Å². The Bertz CT molecular complexity index is 357. The molecule has 1 spiro atoms. The van der Waals surface area contributed by atoms with Gasteiger partial charge in [0.25, 0.3) is 5.79 Å². The molecular weight excluding hydrogens is 265 g/mol. The highest BCUT2D eigenvalue weighted by atomic mass is 19.4. The maximum atomic E-state index is 13.2. The molecule has 2 bridgehead atoms. The van der Waals surface area contributed by atoms with Gasteiger partial charge in [0.2, 0.25) is 0 Å². The minimum absolute atomic E-state index is 0.0158. The van der Waals surface area contributed by atoms with Crippen LogP contribution in [0, 0.1) is 5.92 Å². The lowest BCUT2D eigenvalue weighted by molar-refractivity contribution is -0.587. The number of methoxy groups -OCH3 is 1. The molecule has 110 valence electrons. The smallest absolute Gasteiger partial charge is 0.353 e. The number of hydrogen-bond acceptors (Lipinski definition) is 4. The lowest BCUT2D eigenvalue weighted by atomic mass is 9.73. The largest absolute Gasteiger partial charge is 0.446 e. The van der Waals surface area contributed by atoms with Gasteiger partial charge in [-0.3, -0.25) is 0 Å². The van der Waals surface area contributed by atoms with E-state index in [9.17, 15) is 13.2 Å². The van der Waals surface area contributed by atoms with E-state index >= 15 is 0 Å². The van der Waals surface area contributed by atoms with Gasteiger partial charge in [-0.05, 0) is 25.2 Å². The number of fused-ring (bicyclic) bond motifs is 3. The highest BCUT2D eigenvalue weighted by Crippen LogP contribution is 2.55. The van der Waals surface area contributed by atoms with Gasteiger partial charge in [0.05, 0.1) is 0 Å². The molecule has 0 N–H and O–H groups in total. The molecule has 4 nitrogen and oxygen atoms in total. The van der Waals surface area contributed by atoms with E-state index in [1.165, 1.54) is 7.11 Å². The van der Waals surface area contributed by atoms with Crippen molar-refractivity contribution in [1.29, 1.82) is 0 Å². The van der Waals surface area contributed by atoms with E-state index in [0.717, 1.165) is 19.3 Å². The molecule has 4 fully saturated rings. The molecule has 0 aromatic heterocycles. The van der Waals surface area contributed by atoms with E-state index in [-0.39, 0.29) is 12.3 Å². The normalized spacial score (nSPS) is 46.7. The van der Waals surface area contributed by atoms with Gasteiger partial charge in [-0.2, -0.15) is 18.1 Å². The summed E-state index contributed by atoms with van der Waals surface area (Å²) in [5, 5.41) is 0. The summed E-state index contributed by atoms with van der Waals surface area (Å²) in [5.41, 5.74) is -0.891. The van der Waals surface area contributed by atoms with Crippen molar-refractivity contribution in [1.82, 2.24) is 0 Å². The second kappa shape index (κ2) is 4.31. The van der Waals surface area contributed by atoms with Crippen molar-refractivity contribution in [3.63, 3.8) is 0 Å². The van der Waals surface area contributed by atoms with Crippen molar-refractivity contribution in [2.24, 2.45) is 5.92 Å². The van der Waals surface area contributed by atoms with E-state index in [0.29, 0.717) is 12.8 Å². The minimum Gasteiger partial charge on any atom is -0.353 e. The highest BCUT2D eigenvalue weighted by molar-refractivity contribution is 5.01. The van der Waals surface area contributed by atoms with Gasteiger partial charge in [0, 0.05) is 13.5 Å². The zero-order valence-electron chi connectivity index (χ0n) is 10.7. The molecule has 7 heteroatoms. The van der Waals surface area contributed by atoms with Gasteiger partial charge < -0.3 is 9.47 Å². The fourth-order valence-corrected chi connectivity index (χ4v) is 3.49. The summed E-state index contributed by atoms with van der Waals surface area (Å²) in [6.07, 6.45) is -2.26. The standard InChI is InChI=1S/C12H17F3O4/c1-16-9-10-6-3-2-4-8(10)5-7-11(17-9,19-18-10)12(13,14)15/h8-9H,2-7H2,1H3/t8-,9+,10+,11+/m1/s1. The average Bonchev–Trinajstić information content (AvgIpc) is 2.63. The minimum atomic E-state index is -4.64. The first-order valence-corrected chi connectivity index (χ1v) is 6.58. The van der Waals surface area contributed by atoms with Crippen molar-refractivity contribution in [2.75, 3.05) is 7.11 Å². The van der Waals surface area contributed by atoms with Crippen LogP contribution in [0.1, 0.15) is 38.5 Å². The summed E-state index contributed by atoms with van der Waals surface area (Å²) in [5.74, 6) is -2.70. The number of rotatable bonds is 1. The summed E-state index contributed by atoms with van der Waals surface area (Å²) in [6, 6.07) is 0. The number of hydrogen-bond donors (Lipinski definition) is 0. The zero-order valence-corrected chi connectivity index (χ0v) is 10.7. The van der Waals surface area contributed by atoms with Crippen molar-refractivity contribution < 1.29 is 32.4 Å². The van der Waals surface area contributed by atoms with E-state index in [1.807, 2.05) is 0 Å². The van der Waals surface area contributed by atoms with Crippen LogP contribution < -0.4 is 0 Å². The molecule has 3 saturated heterocycles. The first kappa shape index (κ1) is 13.6. The molecule has 0 aromatic rings. The Hall–Kier alpha value is -0.370. The van der Waals surface area contributed by atoms with E-state index in [4.69, 9.17) is 19.2 Å². The molecule has 4 aliphatic rings. The Kier molecular flexibility index (Phi) is 3.09. The Labute approximate surface area is 109 Å². The van der Waals surface area contributed by atoms with Crippen molar-refractivity contribution in [3.05, 3.63) is 0 Å². The molecule has 0 radical (unpaired) electrons. The van der Waals surface area contributed by atoms with E-state index in [2.05, 4.69) is 0 Å². The first-order chi connectivity index (χ1) is 8.94. The number of halogens is 3. The molecule has 0 unspecified atom stereocenters. The average molecular weight is 282 g/mol. The van der Waals surface area contributed by atoms with Crippen LogP contribution in [0.25, 0.3) is 0 Å². The van der Waals surface area contributed by atoms with Crippen LogP contribution in [0.2, 0.25) is 0 Å². The maximum Gasteiger partial charge on any atom is 0.446 e. The molecule has 0 aromatic carbocycles. The third-order valence-electron chi connectivity index (χ3n) is 4.56. The quantitative estimate of drug-likeness (QED) is 0.693. The zero-order chi connectivity index (χ0) is 13.7. The van der Waals surface area contributed by atoms with Crippen LogP contribution in [0.15, 0.2) is 0 Å². The molecular formula is C12H17F3O4. The van der Waals surface area contributed by atoms with Crippen LogP contribution in [0.5, 0.6) is 0 Å². The molecule has 0 amide bonds. The lowest BCUT2D eigenvalue weighted by Crippen LogP contribution is -2.63. The maximum absolute atomic E-state index is 13.2. The Balaban J connectivity index is 1.98. The molecule has 19 heavy (non-hydrogen) atoms. The van der Waals surface area contributed by atoms with Crippen molar-refractivity contribution >= 4 is 0 Å². The topological polar surface area (TPSA) is 36.9 Å². The van der Waals surface area contributed by atoms with Crippen LogP contribution >= 0.6 is 0 Å². The third kappa shape index (κ3) is 1.82. The van der Waals surface area contributed by atoms with Crippen LogP contribution in [0.3, 0.4) is 0 Å². The summed E-state index contributed by atoms with van der Waals surface area (Å²) in [7, 11) is 1.35. The fourth-order valence-electron chi connectivity index (χ4n) is 3.49. The Morgan fingerprint density at radius 1 is 1.11 bits per heavy atom. The monoisotopic (exact) mass is 282 g/mol. The Morgan fingerprint density at radius 2 is 1.89 bits per heavy atom. The van der Waals surface area contributed by atoms with Gasteiger partial charge in [-0.25, -0.2) is 4.89 Å². The van der Waals surface area contributed by atoms with Gasteiger partial charge in [-0.1, -0.05) is 12.8 Å². The molecule has 1 aliphatic carbocycles. The van der Waals surface area contributed by atoms with Gasteiger partial charge in [-0.15, -0.1) is 0 Å². The third-order valence-corrected chi connectivity index (χ3v) is 4.56. The first-order valence-electron chi connectivity index (χ1n) is 6.58. The highest BCUT2D eigenvalue weighted by Gasteiger charge is 2.70. The van der Waals surface area contributed by atoms with Crippen LogP contribution in [-0.2, 0) is 19.2 Å². The fraction of sp³-hybridized carbons (Fsp3) is 1.00. The second-order valence-corrected chi connectivity index (χ2v) is 5.54. The number of ether oxygens (including phenoxy) is 2. The van der Waals surface area contributed by atoms with Crippen molar-refractivity contribution in [2.45, 2.75) is 62.4 Å². The van der Waals surface area contributed by atoms with Crippen molar-refractivity contribution in [3.8, 4) is 0 Å². The van der Waals surface area contributed by atoms with Gasteiger partial charge in [0.15, 0.2) is 11.9 Å². The number of alkyl halides is 3. The lowest BCUT2D eigenvalue weighted by Gasteiger charge is -2.49. The van der Waals surface area contributed by atoms with Gasteiger partial charge in [0.1, 0.15) is 0 Å². The summed E-state index contributed by atoms with van der Waals surface area (Å²) >= 11 is 0. The van der Waals surface area contributed by atoms with E-state index < -0.39 is 23.9 Å². The predicted molar refractivity (Wildman–Crippen MR) is 56.8 cm³/mol. The van der Waals surface area contributed by atoms with E-state index in [1.54, 1.807) is 0 Å². The van der Waals surface area contributed by atoms with Crippen LogP contribution in [-0.4, -0.2) is 31.0 Å². The molecule has 1 saturated carbocycles. The predicted octanol–water partition coefficient (Wildman–Crippen LogP) is 2.92. The SMILES string of the molecule is CO[C@H]1O[C@@]2(C(F)(F)F)CC[C@H]3CCCC[C@]31OO2. The molecule has 3 heterocycles. The Morgan fingerprint density at radius 3 is 2.58 bits per heavy atom.